The fraction of sp³-hybridized carbons (Fsp3) is 0.769. The average Bonchev–Trinajstić information content (AvgIpc) is 2.80. The van der Waals surface area contributed by atoms with Gasteiger partial charge in [-0.05, 0) is 32.6 Å². The van der Waals surface area contributed by atoms with Gasteiger partial charge < -0.3 is 10.3 Å². The van der Waals surface area contributed by atoms with Crippen LogP contribution in [-0.4, -0.2) is 41.4 Å². The lowest BCUT2D eigenvalue weighted by molar-refractivity contribution is 0.210. The molecule has 1 aliphatic rings. The van der Waals surface area contributed by atoms with E-state index in [0.717, 1.165) is 18.7 Å². The van der Waals surface area contributed by atoms with Gasteiger partial charge in [0.05, 0.1) is 0 Å². The van der Waals surface area contributed by atoms with E-state index >= 15 is 0 Å². The number of aryl methyl sites for hydroxylation is 2. The van der Waals surface area contributed by atoms with Crippen molar-refractivity contribution in [3.05, 3.63) is 12.0 Å². The molecule has 7 heteroatoms. The van der Waals surface area contributed by atoms with Crippen molar-refractivity contribution >= 4 is 10.0 Å². The van der Waals surface area contributed by atoms with Crippen LogP contribution in [0.5, 0.6) is 0 Å². The molecule has 1 aromatic heterocycles. The number of nitrogens with zero attached hydrogens (tertiary/aromatic N) is 3. The van der Waals surface area contributed by atoms with Crippen LogP contribution in [0.4, 0.5) is 0 Å². The second-order valence-electron chi connectivity index (χ2n) is 5.55. The first kappa shape index (κ1) is 15.5. The van der Waals surface area contributed by atoms with Gasteiger partial charge in [-0.1, -0.05) is 6.92 Å². The lowest BCUT2D eigenvalue weighted by Gasteiger charge is -2.36. The fourth-order valence-corrected chi connectivity index (χ4v) is 4.46. The average molecular weight is 300 g/mol. The largest absolute Gasteiger partial charge is 0.334 e. The molecule has 0 amide bonds. The molecular formula is C13H24N4O2S. The van der Waals surface area contributed by atoms with Gasteiger partial charge in [0.25, 0.3) is 10.0 Å². The van der Waals surface area contributed by atoms with Crippen LogP contribution in [0, 0.1) is 12.8 Å². The SMILES string of the molecule is CCn1cc(S(=O)(=O)N2CCC(C)CC2CN)nc1C. The minimum absolute atomic E-state index is 0.115. The summed E-state index contributed by atoms with van der Waals surface area (Å²) < 4.78 is 28.9. The molecule has 0 aliphatic carbocycles. The van der Waals surface area contributed by atoms with E-state index in [0.29, 0.717) is 25.6 Å². The van der Waals surface area contributed by atoms with Crippen LogP contribution in [0.1, 0.15) is 32.5 Å². The molecule has 1 saturated heterocycles. The third-order valence-corrected chi connectivity index (χ3v) is 5.89. The van der Waals surface area contributed by atoms with Gasteiger partial charge in [-0.15, -0.1) is 0 Å². The number of hydrogen-bond acceptors (Lipinski definition) is 4. The lowest BCUT2D eigenvalue weighted by atomic mass is 9.94. The number of hydrogen-bond donors (Lipinski definition) is 1. The molecule has 1 fully saturated rings. The van der Waals surface area contributed by atoms with Gasteiger partial charge in [-0.25, -0.2) is 13.4 Å². The van der Waals surface area contributed by atoms with E-state index < -0.39 is 10.0 Å². The van der Waals surface area contributed by atoms with E-state index in [4.69, 9.17) is 5.73 Å². The highest BCUT2D eigenvalue weighted by Crippen LogP contribution is 2.27. The Bertz CT molecular complexity index is 567. The summed E-state index contributed by atoms with van der Waals surface area (Å²) in [5, 5.41) is 0.143. The van der Waals surface area contributed by atoms with Crippen molar-refractivity contribution in [2.24, 2.45) is 11.7 Å². The molecule has 1 aliphatic heterocycles. The summed E-state index contributed by atoms with van der Waals surface area (Å²) in [5.74, 6) is 1.24. The van der Waals surface area contributed by atoms with Gasteiger partial charge in [-0.3, -0.25) is 0 Å². The van der Waals surface area contributed by atoms with Crippen LogP contribution in [-0.2, 0) is 16.6 Å². The van der Waals surface area contributed by atoms with Gasteiger partial charge in [0.15, 0.2) is 5.03 Å². The summed E-state index contributed by atoms with van der Waals surface area (Å²) in [4.78, 5) is 4.21. The monoisotopic (exact) mass is 300 g/mol. The van der Waals surface area contributed by atoms with Gasteiger partial charge in [-0.2, -0.15) is 4.31 Å². The van der Waals surface area contributed by atoms with Crippen molar-refractivity contribution in [1.29, 1.82) is 0 Å². The third kappa shape index (κ3) is 2.75. The van der Waals surface area contributed by atoms with Gasteiger partial charge in [0, 0.05) is 31.9 Å². The lowest BCUT2D eigenvalue weighted by Crippen LogP contribution is -2.49. The Balaban J connectivity index is 2.33. The molecule has 0 spiro atoms. The first-order chi connectivity index (χ1) is 9.40. The molecule has 114 valence electrons. The van der Waals surface area contributed by atoms with E-state index in [1.165, 1.54) is 4.31 Å². The van der Waals surface area contributed by atoms with E-state index in [-0.39, 0.29) is 11.1 Å². The Kier molecular flexibility index (Phi) is 4.51. The topological polar surface area (TPSA) is 81.2 Å². The number of sulfonamides is 1. The Morgan fingerprint density at radius 3 is 2.75 bits per heavy atom. The molecule has 0 saturated carbocycles. The molecule has 2 N–H and O–H groups in total. The van der Waals surface area contributed by atoms with Gasteiger partial charge in [0.1, 0.15) is 5.82 Å². The molecule has 0 bridgehead atoms. The normalized spacial score (nSPS) is 25.0. The summed E-state index contributed by atoms with van der Waals surface area (Å²) in [7, 11) is -3.54. The number of nitrogens with two attached hydrogens (primary N) is 1. The number of piperidine rings is 1. The van der Waals surface area contributed by atoms with Crippen LogP contribution >= 0.6 is 0 Å². The van der Waals surface area contributed by atoms with E-state index in [9.17, 15) is 8.42 Å². The highest BCUT2D eigenvalue weighted by atomic mass is 32.2. The van der Waals surface area contributed by atoms with Crippen molar-refractivity contribution in [3.63, 3.8) is 0 Å². The molecule has 20 heavy (non-hydrogen) atoms. The van der Waals surface area contributed by atoms with Crippen molar-refractivity contribution in [2.75, 3.05) is 13.1 Å². The second kappa shape index (κ2) is 5.83. The summed E-state index contributed by atoms with van der Waals surface area (Å²) >= 11 is 0. The zero-order valence-corrected chi connectivity index (χ0v) is 13.2. The number of aromatic nitrogens is 2. The second-order valence-corrected chi connectivity index (χ2v) is 7.38. The first-order valence-electron chi connectivity index (χ1n) is 7.15. The van der Waals surface area contributed by atoms with Crippen LogP contribution in [0.2, 0.25) is 0 Å². The summed E-state index contributed by atoms with van der Waals surface area (Å²) in [6.45, 7) is 7.53. The summed E-state index contributed by atoms with van der Waals surface area (Å²) in [6.07, 6.45) is 3.32. The predicted octanol–water partition coefficient (Wildman–Crippen LogP) is 0.959. The Hall–Kier alpha value is -0.920. The Labute approximate surface area is 121 Å². The number of imidazole rings is 1. The molecule has 0 aromatic carbocycles. The van der Waals surface area contributed by atoms with Crippen LogP contribution in [0.15, 0.2) is 11.2 Å². The Morgan fingerprint density at radius 1 is 1.50 bits per heavy atom. The molecule has 6 nitrogen and oxygen atoms in total. The third-order valence-electron chi connectivity index (χ3n) is 4.06. The van der Waals surface area contributed by atoms with Crippen molar-refractivity contribution < 1.29 is 8.42 Å². The smallest absolute Gasteiger partial charge is 0.262 e. The van der Waals surface area contributed by atoms with Crippen LogP contribution in [0.25, 0.3) is 0 Å². The van der Waals surface area contributed by atoms with Crippen LogP contribution in [0.3, 0.4) is 0 Å². The first-order valence-corrected chi connectivity index (χ1v) is 8.59. The Morgan fingerprint density at radius 2 is 2.20 bits per heavy atom. The van der Waals surface area contributed by atoms with Crippen molar-refractivity contribution in [2.45, 2.75) is 51.2 Å². The van der Waals surface area contributed by atoms with E-state index in [1.54, 1.807) is 6.20 Å². The maximum absolute atomic E-state index is 12.7. The van der Waals surface area contributed by atoms with E-state index in [2.05, 4.69) is 11.9 Å². The maximum atomic E-state index is 12.7. The highest BCUT2D eigenvalue weighted by molar-refractivity contribution is 7.89. The molecule has 2 atom stereocenters. The fourth-order valence-electron chi connectivity index (χ4n) is 2.80. The van der Waals surface area contributed by atoms with Crippen molar-refractivity contribution in [1.82, 2.24) is 13.9 Å². The van der Waals surface area contributed by atoms with Crippen molar-refractivity contribution in [3.8, 4) is 0 Å². The highest BCUT2D eigenvalue weighted by Gasteiger charge is 2.36. The molecule has 0 radical (unpaired) electrons. The van der Waals surface area contributed by atoms with Gasteiger partial charge in [0.2, 0.25) is 0 Å². The van der Waals surface area contributed by atoms with E-state index in [1.807, 2.05) is 18.4 Å². The molecule has 2 heterocycles. The summed E-state index contributed by atoms with van der Waals surface area (Å²) in [6, 6.07) is -0.115. The standard InChI is InChI=1S/C13H24N4O2S/c1-4-16-9-13(15-11(16)3)20(18,19)17-6-5-10(2)7-12(17)8-14/h9-10,12H,4-8,14H2,1-3H3. The zero-order valence-electron chi connectivity index (χ0n) is 12.4. The minimum Gasteiger partial charge on any atom is -0.334 e. The van der Waals surface area contributed by atoms with Crippen LogP contribution < -0.4 is 5.73 Å². The molecule has 1 aromatic rings. The maximum Gasteiger partial charge on any atom is 0.262 e. The minimum atomic E-state index is -3.54. The quantitative estimate of drug-likeness (QED) is 0.898. The summed E-state index contributed by atoms with van der Waals surface area (Å²) in [5.41, 5.74) is 5.76. The van der Waals surface area contributed by atoms with Gasteiger partial charge >= 0.3 is 0 Å². The molecular weight excluding hydrogens is 276 g/mol. The molecule has 2 rings (SSSR count). The number of rotatable bonds is 4. The predicted molar refractivity (Wildman–Crippen MR) is 77.8 cm³/mol. The zero-order chi connectivity index (χ0) is 14.9. The molecule has 2 unspecified atom stereocenters.